The van der Waals surface area contributed by atoms with Crippen LogP contribution < -0.4 is 9.47 Å². The van der Waals surface area contributed by atoms with Crippen molar-refractivity contribution < 1.29 is 9.47 Å². The molecule has 0 aliphatic carbocycles. The van der Waals surface area contributed by atoms with Crippen LogP contribution in [0.5, 0.6) is 11.5 Å². The lowest BCUT2D eigenvalue weighted by Gasteiger charge is -2.09. The molecule has 0 aliphatic heterocycles. The van der Waals surface area contributed by atoms with Crippen LogP contribution in [0.1, 0.15) is 109 Å². The van der Waals surface area contributed by atoms with Crippen LogP contribution in [-0.2, 0) is 6.42 Å². The van der Waals surface area contributed by atoms with Gasteiger partial charge in [-0.2, -0.15) is 0 Å². The first-order valence-electron chi connectivity index (χ1n) is 11.5. The van der Waals surface area contributed by atoms with Gasteiger partial charge in [-0.25, -0.2) is 0 Å². The number of ether oxygens (including phenoxy) is 2. The predicted octanol–water partition coefficient (Wildman–Crippen LogP) is 8.12. The first-order chi connectivity index (χ1) is 13.3. The lowest BCUT2D eigenvalue weighted by Crippen LogP contribution is -1.93. The number of methoxy groups -OCH3 is 2. The molecular weight excluding hydrogens is 332 g/mol. The van der Waals surface area contributed by atoms with Gasteiger partial charge in [-0.15, -0.1) is 0 Å². The highest BCUT2D eigenvalue weighted by molar-refractivity contribution is 5.42. The van der Waals surface area contributed by atoms with Crippen LogP contribution in [-0.4, -0.2) is 14.2 Å². The monoisotopic (exact) mass is 376 g/mol. The minimum atomic E-state index is 0.817. The molecule has 0 unspecified atom stereocenters. The maximum absolute atomic E-state index is 5.38. The third-order valence-electron chi connectivity index (χ3n) is 5.52. The molecule has 0 fully saturated rings. The Morgan fingerprint density at radius 3 is 1.44 bits per heavy atom. The van der Waals surface area contributed by atoms with Crippen molar-refractivity contribution in [2.24, 2.45) is 0 Å². The average molecular weight is 377 g/mol. The molecular formula is C25H44O2. The SMILES string of the molecule is CCCCCCCCCCCCCCCCCc1ccc(OC)c(OC)c1. The van der Waals surface area contributed by atoms with E-state index in [0.717, 1.165) is 17.9 Å². The zero-order chi connectivity index (χ0) is 19.6. The zero-order valence-electron chi connectivity index (χ0n) is 18.4. The molecule has 0 radical (unpaired) electrons. The van der Waals surface area contributed by atoms with Crippen molar-refractivity contribution >= 4 is 0 Å². The molecule has 0 bridgehead atoms. The van der Waals surface area contributed by atoms with E-state index in [1.807, 2.05) is 6.07 Å². The minimum absolute atomic E-state index is 0.817. The second-order valence-electron chi connectivity index (χ2n) is 7.89. The van der Waals surface area contributed by atoms with Crippen LogP contribution in [0.4, 0.5) is 0 Å². The Labute approximate surface area is 169 Å². The molecule has 0 aromatic heterocycles. The van der Waals surface area contributed by atoms with Gasteiger partial charge in [0.1, 0.15) is 0 Å². The number of unbranched alkanes of at least 4 members (excludes halogenated alkanes) is 14. The standard InChI is InChI=1S/C25H44O2/c1-4-5-6-7-8-9-10-11-12-13-14-15-16-17-18-19-23-20-21-24(26-2)25(22-23)27-3/h20-22H,4-19H2,1-3H3. The number of hydrogen-bond acceptors (Lipinski definition) is 2. The lowest BCUT2D eigenvalue weighted by atomic mass is 10.0. The van der Waals surface area contributed by atoms with E-state index in [4.69, 9.17) is 9.47 Å². The molecule has 27 heavy (non-hydrogen) atoms. The Balaban J connectivity index is 1.89. The fraction of sp³-hybridized carbons (Fsp3) is 0.760. The summed E-state index contributed by atoms with van der Waals surface area (Å²) >= 11 is 0. The number of benzene rings is 1. The van der Waals surface area contributed by atoms with Crippen molar-refractivity contribution in [3.63, 3.8) is 0 Å². The Morgan fingerprint density at radius 1 is 0.556 bits per heavy atom. The molecule has 0 saturated carbocycles. The largest absolute Gasteiger partial charge is 0.493 e. The van der Waals surface area contributed by atoms with Crippen molar-refractivity contribution in [1.82, 2.24) is 0 Å². The van der Waals surface area contributed by atoms with Gasteiger partial charge < -0.3 is 9.47 Å². The Morgan fingerprint density at radius 2 is 1.00 bits per heavy atom. The summed E-state index contributed by atoms with van der Waals surface area (Å²) in [6.45, 7) is 2.29. The number of rotatable bonds is 18. The fourth-order valence-electron chi connectivity index (χ4n) is 3.74. The second kappa shape index (κ2) is 17.0. The minimum Gasteiger partial charge on any atom is -0.493 e. The summed E-state index contributed by atoms with van der Waals surface area (Å²) in [5, 5.41) is 0. The predicted molar refractivity (Wildman–Crippen MR) is 118 cm³/mol. The highest BCUT2D eigenvalue weighted by Gasteiger charge is 2.04. The first-order valence-corrected chi connectivity index (χ1v) is 11.5. The van der Waals surface area contributed by atoms with E-state index < -0.39 is 0 Å². The fourth-order valence-corrected chi connectivity index (χ4v) is 3.74. The van der Waals surface area contributed by atoms with E-state index in [1.165, 1.54) is 102 Å². The molecule has 0 saturated heterocycles. The van der Waals surface area contributed by atoms with Gasteiger partial charge in [-0.05, 0) is 30.5 Å². The van der Waals surface area contributed by atoms with Crippen molar-refractivity contribution in [2.75, 3.05) is 14.2 Å². The third-order valence-corrected chi connectivity index (χ3v) is 5.52. The van der Waals surface area contributed by atoms with Crippen LogP contribution in [0.2, 0.25) is 0 Å². The van der Waals surface area contributed by atoms with Crippen molar-refractivity contribution in [1.29, 1.82) is 0 Å². The van der Waals surface area contributed by atoms with Crippen LogP contribution in [0.25, 0.3) is 0 Å². The molecule has 2 heteroatoms. The molecule has 0 N–H and O–H groups in total. The maximum atomic E-state index is 5.38. The third kappa shape index (κ3) is 12.0. The Bertz CT molecular complexity index is 456. The van der Waals surface area contributed by atoms with Gasteiger partial charge in [0.25, 0.3) is 0 Å². The van der Waals surface area contributed by atoms with Gasteiger partial charge >= 0.3 is 0 Å². The highest BCUT2D eigenvalue weighted by atomic mass is 16.5. The molecule has 1 aromatic rings. The molecule has 0 heterocycles. The average Bonchev–Trinajstić information content (AvgIpc) is 2.70. The van der Waals surface area contributed by atoms with E-state index in [2.05, 4.69) is 19.1 Å². The molecule has 156 valence electrons. The van der Waals surface area contributed by atoms with E-state index in [9.17, 15) is 0 Å². The molecule has 0 aliphatic rings. The van der Waals surface area contributed by atoms with Crippen molar-refractivity contribution in [3.8, 4) is 11.5 Å². The molecule has 1 rings (SSSR count). The van der Waals surface area contributed by atoms with Crippen molar-refractivity contribution in [3.05, 3.63) is 23.8 Å². The summed E-state index contributed by atoms with van der Waals surface area (Å²) in [7, 11) is 3.39. The normalized spacial score (nSPS) is 10.9. The van der Waals surface area contributed by atoms with Gasteiger partial charge in [0, 0.05) is 0 Å². The first kappa shape index (κ1) is 23.9. The maximum Gasteiger partial charge on any atom is 0.160 e. The topological polar surface area (TPSA) is 18.5 Å². The smallest absolute Gasteiger partial charge is 0.160 e. The lowest BCUT2D eigenvalue weighted by molar-refractivity contribution is 0.354. The van der Waals surface area contributed by atoms with E-state index in [0.29, 0.717) is 0 Å². The van der Waals surface area contributed by atoms with Gasteiger partial charge in [0.15, 0.2) is 11.5 Å². The molecule has 0 spiro atoms. The van der Waals surface area contributed by atoms with Crippen LogP contribution in [0.3, 0.4) is 0 Å². The second-order valence-corrected chi connectivity index (χ2v) is 7.89. The van der Waals surface area contributed by atoms with E-state index >= 15 is 0 Å². The Kier molecular flexibility index (Phi) is 15.0. The molecule has 0 atom stereocenters. The zero-order valence-corrected chi connectivity index (χ0v) is 18.4. The van der Waals surface area contributed by atoms with Gasteiger partial charge in [-0.1, -0.05) is 103 Å². The van der Waals surface area contributed by atoms with Gasteiger partial charge in [0.2, 0.25) is 0 Å². The summed E-state index contributed by atoms with van der Waals surface area (Å²) in [5.41, 5.74) is 1.35. The summed E-state index contributed by atoms with van der Waals surface area (Å²) in [6, 6.07) is 6.28. The highest BCUT2D eigenvalue weighted by Crippen LogP contribution is 2.28. The van der Waals surface area contributed by atoms with Gasteiger partial charge in [-0.3, -0.25) is 0 Å². The quantitative estimate of drug-likeness (QED) is 0.241. The summed E-state index contributed by atoms with van der Waals surface area (Å²) < 4.78 is 10.7. The summed E-state index contributed by atoms with van der Waals surface area (Å²) in [6.07, 6.45) is 22.3. The number of aryl methyl sites for hydroxylation is 1. The Hall–Kier alpha value is -1.18. The summed E-state index contributed by atoms with van der Waals surface area (Å²) in [5.74, 6) is 1.66. The van der Waals surface area contributed by atoms with Crippen LogP contribution in [0, 0.1) is 0 Å². The van der Waals surface area contributed by atoms with E-state index in [-0.39, 0.29) is 0 Å². The van der Waals surface area contributed by atoms with Gasteiger partial charge in [0.05, 0.1) is 14.2 Å². The number of hydrogen-bond donors (Lipinski definition) is 0. The molecule has 0 amide bonds. The van der Waals surface area contributed by atoms with Crippen molar-refractivity contribution in [2.45, 2.75) is 110 Å². The van der Waals surface area contributed by atoms with Crippen LogP contribution in [0.15, 0.2) is 18.2 Å². The van der Waals surface area contributed by atoms with E-state index in [1.54, 1.807) is 14.2 Å². The van der Waals surface area contributed by atoms with Crippen LogP contribution >= 0.6 is 0 Å². The molecule has 1 aromatic carbocycles. The summed E-state index contributed by atoms with van der Waals surface area (Å²) in [4.78, 5) is 0. The molecule has 2 nitrogen and oxygen atoms in total.